The van der Waals surface area contributed by atoms with Gasteiger partial charge in [0.05, 0.1) is 18.5 Å². The molecule has 4 aromatic rings. The molecule has 8 heteroatoms. The van der Waals surface area contributed by atoms with Crippen molar-refractivity contribution in [1.82, 2.24) is 24.8 Å². The van der Waals surface area contributed by atoms with E-state index in [-0.39, 0.29) is 5.97 Å². The molecule has 4 heterocycles. The standard InChI is InChI=1S/C23H22N6O2/c1-2-31-23(30)21-20(14-7-8-14)22-26-19(28-12-15-5-3-4-6-16(15)13-28)9-18(29(22)27-21)17-10-24-25-11-17/h3-6,9-11,14H,2,7-8,12-13H2,1H3,(H,24,25). The lowest BCUT2D eigenvalue weighted by Crippen LogP contribution is -2.17. The Bertz CT molecular complexity index is 1260. The second-order valence-corrected chi connectivity index (χ2v) is 8.10. The van der Waals surface area contributed by atoms with Gasteiger partial charge < -0.3 is 9.64 Å². The molecule has 0 bridgehead atoms. The van der Waals surface area contributed by atoms with Gasteiger partial charge in [0.15, 0.2) is 11.3 Å². The number of ether oxygens (including phenoxy) is 1. The van der Waals surface area contributed by atoms with Crippen molar-refractivity contribution in [3.8, 4) is 11.3 Å². The molecule has 1 N–H and O–H groups in total. The first kappa shape index (κ1) is 18.1. The maximum Gasteiger partial charge on any atom is 0.359 e. The van der Waals surface area contributed by atoms with Gasteiger partial charge in [0, 0.05) is 36.5 Å². The Morgan fingerprint density at radius 1 is 1.23 bits per heavy atom. The number of hydrogen-bond acceptors (Lipinski definition) is 6. The predicted molar refractivity (Wildman–Crippen MR) is 115 cm³/mol. The normalized spacial score (nSPS) is 15.5. The van der Waals surface area contributed by atoms with Gasteiger partial charge in [0.2, 0.25) is 0 Å². The summed E-state index contributed by atoms with van der Waals surface area (Å²) in [4.78, 5) is 20.0. The van der Waals surface area contributed by atoms with Crippen molar-refractivity contribution < 1.29 is 9.53 Å². The van der Waals surface area contributed by atoms with E-state index >= 15 is 0 Å². The molecule has 0 unspecified atom stereocenters. The molecule has 0 saturated heterocycles. The van der Waals surface area contributed by atoms with Crippen LogP contribution in [0.1, 0.15) is 52.9 Å². The molecule has 0 atom stereocenters. The Morgan fingerprint density at radius 3 is 2.65 bits per heavy atom. The molecule has 3 aromatic heterocycles. The van der Waals surface area contributed by atoms with Gasteiger partial charge in [-0.3, -0.25) is 5.10 Å². The third-order valence-electron chi connectivity index (χ3n) is 6.02. The topological polar surface area (TPSA) is 88.4 Å². The van der Waals surface area contributed by atoms with E-state index in [2.05, 4.69) is 44.5 Å². The molecule has 31 heavy (non-hydrogen) atoms. The monoisotopic (exact) mass is 414 g/mol. The number of esters is 1. The lowest BCUT2D eigenvalue weighted by atomic mass is 10.1. The van der Waals surface area contributed by atoms with Crippen LogP contribution in [0.25, 0.3) is 16.9 Å². The number of nitrogens with zero attached hydrogens (tertiary/aromatic N) is 5. The van der Waals surface area contributed by atoms with Crippen molar-refractivity contribution in [1.29, 1.82) is 0 Å². The summed E-state index contributed by atoms with van der Waals surface area (Å²) < 4.78 is 7.08. The highest BCUT2D eigenvalue weighted by Crippen LogP contribution is 2.44. The van der Waals surface area contributed by atoms with Crippen molar-refractivity contribution in [3.63, 3.8) is 0 Å². The minimum atomic E-state index is -0.386. The fourth-order valence-corrected chi connectivity index (χ4v) is 4.37. The van der Waals surface area contributed by atoms with Crippen LogP contribution < -0.4 is 4.90 Å². The molecule has 0 amide bonds. The second-order valence-electron chi connectivity index (χ2n) is 8.10. The van der Waals surface area contributed by atoms with E-state index in [9.17, 15) is 4.79 Å². The van der Waals surface area contributed by atoms with Crippen LogP contribution in [0.5, 0.6) is 0 Å². The molecular formula is C23H22N6O2. The largest absolute Gasteiger partial charge is 0.461 e. The summed E-state index contributed by atoms with van der Waals surface area (Å²) >= 11 is 0. The highest BCUT2D eigenvalue weighted by molar-refractivity contribution is 5.92. The number of carbonyl (C=O) groups excluding carboxylic acids is 1. The third-order valence-corrected chi connectivity index (χ3v) is 6.02. The van der Waals surface area contributed by atoms with Crippen molar-refractivity contribution in [2.45, 2.75) is 38.8 Å². The summed E-state index contributed by atoms with van der Waals surface area (Å²) in [6, 6.07) is 10.5. The Hall–Kier alpha value is -3.68. The van der Waals surface area contributed by atoms with Gasteiger partial charge in [-0.25, -0.2) is 14.3 Å². The second kappa shape index (κ2) is 6.94. The van der Waals surface area contributed by atoms with Crippen LogP contribution in [-0.2, 0) is 17.8 Å². The van der Waals surface area contributed by atoms with E-state index in [4.69, 9.17) is 9.72 Å². The van der Waals surface area contributed by atoms with E-state index in [1.807, 2.05) is 19.2 Å². The van der Waals surface area contributed by atoms with E-state index in [0.717, 1.165) is 54.2 Å². The number of aromatic nitrogens is 5. The number of hydrogen-bond donors (Lipinski definition) is 1. The van der Waals surface area contributed by atoms with Gasteiger partial charge in [-0.1, -0.05) is 24.3 Å². The zero-order chi connectivity index (χ0) is 20.9. The Labute approximate surface area is 178 Å². The molecule has 1 aromatic carbocycles. The molecule has 1 saturated carbocycles. The fraction of sp³-hybridized carbons (Fsp3) is 0.304. The van der Waals surface area contributed by atoms with Crippen LogP contribution >= 0.6 is 0 Å². The zero-order valence-corrected chi connectivity index (χ0v) is 17.2. The summed E-state index contributed by atoms with van der Waals surface area (Å²) in [5.74, 6) is 0.785. The lowest BCUT2D eigenvalue weighted by molar-refractivity contribution is 0.0518. The number of nitrogens with one attached hydrogen (secondary N) is 1. The summed E-state index contributed by atoms with van der Waals surface area (Å²) in [5.41, 5.74) is 6.39. The van der Waals surface area contributed by atoms with Crippen LogP contribution in [0.2, 0.25) is 0 Å². The van der Waals surface area contributed by atoms with Crippen molar-refractivity contribution in [3.05, 3.63) is 65.1 Å². The molecule has 8 nitrogen and oxygen atoms in total. The SMILES string of the molecule is CCOC(=O)c1nn2c(-c3cn[nH]c3)cc(N3Cc4ccccc4C3)nc2c1C1CC1. The Morgan fingerprint density at radius 2 is 2.00 bits per heavy atom. The van der Waals surface area contributed by atoms with Crippen LogP contribution in [-0.4, -0.2) is 37.4 Å². The van der Waals surface area contributed by atoms with Crippen LogP contribution in [0.3, 0.4) is 0 Å². The minimum absolute atomic E-state index is 0.299. The fourth-order valence-electron chi connectivity index (χ4n) is 4.37. The highest BCUT2D eigenvalue weighted by Gasteiger charge is 2.35. The summed E-state index contributed by atoms with van der Waals surface area (Å²) in [7, 11) is 0. The molecule has 1 fully saturated rings. The van der Waals surface area contributed by atoms with Gasteiger partial charge in [0.1, 0.15) is 5.82 Å². The number of rotatable bonds is 5. The van der Waals surface area contributed by atoms with E-state index in [0.29, 0.717) is 18.2 Å². The smallest absolute Gasteiger partial charge is 0.359 e. The van der Waals surface area contributed by atoms with Gasteiger partial charge in [-0.2, -0.15) is 10.2 Å². The first-order chi connectivity index (χ1) is 15.2. The minimum Gasteiger partial charge on any atom is -0.461 e. The third kappa shape index (κ3) is 2.98. The van der Waals surface area contributed by atoms with Gasteiger partial charge in [-0.05, 0) is 36.8 Å². The van der Waals surface area contributed by atoms with Crippen LogP contribution in [0.15, 0.2) is 42.7 Å². The molecule has 0 spiro atoms. The van der Waals surface area contributed by atoms with Gasteiger partial charge in [-0.15, -0.1) is 0 Å². The van der Waals surface area contributed by atoms with E-state index < -0.39 is 0 Å². The molecule has 2 aliphatic rings. The van der Waals surface area contributed by atoms with Gasteiger partial charge >= 0.3 is 5.97 Å². The summed E-state index contributed by atoms with van der Waals surface area (Å²) in [5, 5.41) is 11.7. The molecule has 156 valence electrons. The van der Waals surface area contributed by atoms with Crippen molar-refractivity contribution in [2.24, 2.45) is 0 Å². The maximum absolute atomic E-state index is 12.7. The zero-order valence-electron chi connectivity index (χ0n) is 17.2. The molecule has 1 aliphatic carbocycles. The average Bonchev–Trinajstić information content (AvgIpc) is 3.20. The molecule has 1 aliphatic heterocycles. The first-order valence-electron chi connectivity index (χ1n) is 10.6. The summed E-state index contributed by atoms with van der Waals surface area (Å²) in [6.45, 7) is 3.74. The molecule has 6 rings (SSSR count). The van der Waals surface area contributed by atoms with Crippen LogP contribution in [0.4, 0.5) is 5.82 Å². The van der Waals surface area contributed by atoms with Crippen molar-refractivity contribution >= 4 is 17.4 Å². The average molecular weight is 414 g/mol. The number of anilines is 1. The number of aromatic amines is 1. The number of H-pyrrole nitrogens is 1. The summed E-state index contributed by atoms with van der Waals surface area (Å²) in [6.07, 6.45) is 5.67. The predicted octanol–water partition coefficient (Wildman–Crippen LogP) is 3.69. The molecule has 0 radical (unpaired) electrons. The van der Waals surface area contributed by atoms with E-state index in [1.165, 1.54) is 11.1 Å². The molecular weight excluding hydrogens is 392 g/mol. The number of benzene rings is 1. The number of fused-ring (bicyclic) bond motifs is 2. The van der Waals surface area contributed by atoms with Crippen LogP contribution in [0, 0.1) is 0 Å². The Kier molecular flexibility index (Phi) is 4.05. The van der Waals surface area contributed by atoms with Gasteiger partial charge in [0.25, 0.3) is 0 Å². The quantitative estimate of drug-likeness (QED) is 0.501. The van der Waals surface area contributed by atoms with E-state index in [1.54, 1.807) is 10.7 Å². The highest BCUT2D eigenvalue weighted by atomic mass is 16.5. The lowest BCUT2D eigenvalue weighted by Gasteiger charge is -2.18. The van der Waals surface area contributed by atoms with Crippen molar-refractivity contribution in [2.75, 3.05) is 11.5 Å². The first-order valence-corrected chi connectivity index (χ1v) is 10.6. The Balaban J connectivity index is 1.55. The maximum atomic E-state index is 12.7. The number of carbonyl (C=O) groups is 1.